The van der Waals surface area contributed by atoms with Crippen LogP contribution in [0.25, 0.3) is 88.4 Å². The molecule has 0 radical (unpaired) electrons. The van der Waals surface area contributed by atoms with Crippen LogP contribution in [0, 0.1) is 0 Å². The molecule has 2 aliphatic carbocycles. The molecule has 10 aromatic rings. The fourth-order valence-corrected chi connectivity index (χ4v) is 10.3. The van der Waals surface area contributed by atoms with Crippen LogP contribution < -0.4 is 0 Å². The van der Waals surface area contributed by atoms with Gasteiger partial charge in [-0.2, -0.15) is 0 Å². The molecule has 1 unspecified atom stereocenters. The van der Waals surface area contributed by atoms with Crippen molar-refractivity contribution < 1.29 is 5.11 Å². The molecule has 266 valence electrons. The summed E-state index contributed by atoms with van der Waals surface area (Å²) >= 11 is 0. The standard InChI is InChI=1S/C53H38N2O/c1-52(2)44-20-12-10-18-36(44)40-28-42-38-24-22-32(26-48(38)54(50(42)30-46(40)52)34-14-6-4-7-15-34)33-23-25-39-43-29-41-37-19-11-13-21-45(37)53(3,56)47(41)31-51(43)55(49(39)27-33)35-16-8-5-9-17-35/h4-31,56H,1-3H3. The Balaban J connectivity index is 1.10. The van der Waals surface area contributed by atoms with Crippen LogP contribution in [0.1, 0.15) is 43.0 Å². The molecule has 3 nitrogen and oxygen atoms in total. The van der Waals surface area contributed by atoms with Gasteiger partial charge < -0.3 is 14.2 Å². The molecule has 0 saturated carbocycles. The van der Waals surface area contributed by atoms with Crippen LogP contribution in [-0.2, 0) is 11.0 Å². The first-order valence-electron chi connectivity index (χ1n) is 19.6. The molecule has 0 bridgehead atoms. The van der Waals surface area contributed by atoms with Gasteiger partial charge in [0.2, 0.25) is 0 Å². The fraction of sp³-hybridized carbons (Fsp3) is 0.0943. The molecule has 3 heteroatoms. The lowest BCUT2D eigenvalue weighted by atomic mass is 9.82. The predicted octanol–water partition coefficient (Wildman–Crippen LogP) is 13.1. The van der Waals surface area contributed by atoms with Gasteiger partial charge in [-0.15, -0.1) is 0 Å². The molecule has 0 saturated heterocycles. The van der Waals surface area contributed by atoms with Crippen molar-refractivity contribution in [2.24, 2.45) is 0 Å². The van der Waals surface area contributed by atoms with E-state index in [-0.39, 0.29) is 5.41 Å². The molecule has 2 heterocycles. The second-order valence-electron chi connectivity index (χ2n) is 16.4. The zero-order valence-corrected chi connectivity index (χ0v) is 31.5. The summed E-state index contributed by atoms with van der Waals surface area (Å²) in [5.41, 5.74) is 17.6. The topological polar surface area (TPSA) is 30.1 Å². The highest BCUT2D eigenvalue weighted by Gasteiger charge is 2.39. The van der Waals surface area contributed by atoms with Gasteiger partial charge in [0.05, 0.1) is 22.1 Å². The minimum atomic E-state index is -1.07. The third-order valence-corrected chi connectivity index (χ3v) is 13.0. The largest absolute Gasteiger partial charge is 0.381 e. The van der Waals surface area contributed by atoms with E-state index in [4.69, 9.17) is 0 Å². The van der Waals surface area contributed by atoms with E-state index >= 15 is 0 Å². The highest BCUT2D eigenvalue weighted by molar-refractivity contribution is 6.14. The number of aliphatic hydroxyl groups is 1. The van der Waals surface area contributed by atoms with Crippen LogP contribution in [-0.4, -0.2) is 14.2 Å². The normalized spacial score (nSPS) is 16.4. The van der Waals surface area contributed by atoms with E-state index in [2.05, 4.69) is 187 Å². The van der Waals surface area contributed by atoms with Gasteiger partial charge in [0.1, 0.15) is 5.60 Å². The van der Waals surface area contributed by atoms with Crippen LogP contribution in [0.15, 0.2) is 170 Å². The number of nitrogens with zero attached hydrogens (tertiary/aromatic N) is 2. The summed E-state index contributed by atoms with van der Waals surface area (Å²) in [4.78, 5) is 0. The third-order valence-electron chi connectivity index (χ3n) is 13.0. The summed E-state index contributed by atoms with van der Waals surface area (Å²) < 4.78 is 4.83. The van der Waals surface area contributed by atoms with Crippen molar-refractivity contribution in [3.05, 3.63) is 192 Å². The summed E-state index contributed by atoms with van der Waals surface area (Å²) in [7, 11) is 0. The van der Waals surface area contributed by atoms with Crippen LogP contribution in [0.5, 0.6) is 0 Å². The van der Waals surface area contributed by atoms with Crippen molar-refractivity contribution in [1.82, 2.24) is 9.13 Å². The summed E-state index contributed by atoms with van der Waals surface area (Å²) in [5, 5.41) is 16.8. The van der Waals surface area contributed by atoms with Gasteiger partial charge in [0.15, 0.2) is 0 Å². The molecule has 8 aromatic carbocycles. The zero-order valence-electron chi connectivity index (χ0n) is 31.5. The minimum absolute atomic E-state index is 0.0881. The van der Waals surface area contributed by atoms with Crippen molar-refractivity contribution in [3.63, 3.8) is 0 Å². The quantitative estimate of drug-likeness (QED) is 0.194. The molecule has 1 N–H and O–H groups in total. The van der Waals surface area contributed by atoms with Gasteiger partial charge in [0, 0.05) is 38.3 Å². The lowest BCUT2D eigenvalue weighted by molar-refractivity contribution is 0.107. The average Bonchev–Trinajstić information content (AvgIpc) is 3.88. The van der Waals surface area contributed by atoms with Gasteiger partial charge in [0.25, 0.3) is 0 Å². The first kappa shape index (κ1) is 31.6. The first-order valence-corrected chi connectivity index (χ1v) is 19.6. The Morgan fingerprint density at radius 3 is 1.34 bits per heavy atom. The Labute approximate surface area is 325 Å². The Bertz CT molecular complexity index is 3070. The number of benzene rings is 8. The van der Waals surface area contributed by atoms with Crippen LogP contribution in [0.2, 0.25) is 0 Å². The number of hydrogen-bond acceptors (Lipinski definition) is 1. The SMILES string of the molecule is CC1(C)c2ccccc2-c2cc3c4ccc(-c5ccc6c7cc8c(cc7n(-c7ccccc7)c6c5)C(C)(O)c5ccccc5-8)cc4n(-c4ccccc4)c3cc21. The van der Waals surface area contributed by atoms with E-state index in [1.54, 1.807) is 0 Å². The monoisotopic (exact) mass is 718 g/mol. The van der Waals surface area contributed by atoms with E-state index in [0.29, 0.717) is 0 Å². The van der Waals surface area contributed by atoms with E-state index < -0.39 is 5.60 Å². The zero-order chi connectivity index (χ0) is 37.5. The van der Waals surface area contributed by atoms with Crippen molar-refractivity contribution in [2.45, 2.75) is 31.8 Å². The molecular weight excluding hydrogens is 681 g/mol. The summed E-state index contributed by atoms with van der Waals surface area (Å²) in [5.74, 6) is 0. The molecule has 2 aromatic heterocycles. The van der Waals surface area contributed by atoms with E-state index in [0.717, 1.165) is 50.2 Å². The maximum absolute atomic E-state index is 11.9. The second kappa shape index (κ2) is 11.0. The molecule has 0 spiro atoms. The van der Waals surface area contributed by atoms with E-state index in [1.165, 1.54) is 60.4 Å². The third kappa shape index (κ3) is 4.10. The number of aromatic nitrogens is 2. The molecule has 12 rings (SSSR count). The Hall–Kier alpha value is -6.68. The molecule has 0 aliphatic heterocycles. The van der Waals surface area contributed by atoms with Crippen LogP contribution in [0.4, 0.5) is 0 Å². The lowest BCUT2D eigenvalue weighted by Crippen LogP contribution is -2.19. The second-order valence-corrected chi connectivity index (χ2v) is 16.4. The van der Waals surface area contributed by atoms with Gasteiger partial charge in [-0.25, -0.2) is 0 Å². The summed E-state index contributed by atoms with van der Waals surface area (Å²) in [6.07, 6.45) is 0. The van der Waals surface area contributed by atoms with Crippen LogP contribution >= 0.6 is 0 Å². The number of hydrogen-bond donors (Lipinski definition) is 1. The lowest BCUT2D eigenvalue weighted by Gasteiger charge is -2.21. The van der Waals surface area contributed by atoms with Crippen molar-refractivity contribution in [3.8, 4) is 44.8 Å². The van der Waals surface area contributed by atoms with Crippen LogP contribution in [0.3, 0.4) is 0 Å². The van der Waals surface area contributed by atoms with Gasteiger partial charge in [-0.05, 0) is 123 Å². The van der Waals surface area contributed by atoms with E-state index in [9.17, 15) is 5.11 Å². The Morgan fingerprint density at radius 1 is 0.357 bits per heavy atom. The summed E-state index contributed by atoms with van der Waals surface area (Å²) in [6.45, 7) is 6.64. The van der Waals surface area contributed by atoms with Crippen molar-refractivity contribution in [2.75, 3.05) is 0 Å². The first-order chi connectivity index (χ1) is 27.3. The maximum atomic E-state index is 11.9. The highest BCUT2D eigenvalue weighted by atomic mass is 16.3. The molecule has 56 heavy (non-hydrogen) atoms. The molecule has 0 fully saturated rings. The molecule has 1 atom stereocenters. The summed E-state index contributed by atoms with van der Waals surface area (Å²) in [6, 6.07) is 61.9. The minimum Gasteiger partial charge on any atom is -0.381 e. The molecule has 2 aliphatic rings. The van der Waals surface area contributed by atoms with Crippen molar-refractivity contribution in [1.29, 1.82) is 0 Å². The van der Waals surface area contributed by atoms with Gasteiger partial charge >= 0.3 is 0 Å². The number of rotatable bonds is 3. The highest BCUT2D eigenvalue weighted by Crippen LogP contribution is 2.52. The van der Waals surface area contributed by atoms with Gasteiger partial charge in [-0.1, -0.05) is 123 Å². The predicted molar refractivity (Wildman–Crippen MR) is 232 cm³/mol. The fourth-order valence-electron chi connectivity index (χ4n) is 10.3. The number of para-hydroxylation sites is 2. The molecular formula is C53H38N2O. The Kier molecular flexibility index (Phi) is 6.20. The smallest absolute Gasteiger partial charge is 0.113 e. The Morgan fingerprint density at radius 2 is 0.786 bits per heavy atom. The van der Waals surface area contributed by atoms with E-state index in [1.807, 2.05) is 13.0 Å². The maximum Gasteiger partial charge on any atom is 0.113 e. The van der Waals surface area contributed by atoms with Gasteiger partial charge in [-0.3, -0.25) is 0 Å². The molecule has 0 amide bonds. The van der Waals surface area contributed by atoms with Crippen molar-refractivity contribution >= 4 is 43.6 Å². The number of fused-ring (bicyclic) bond motifs is 12. The average molecular weight is 719 g/mol.